The molecule has 0 aromatic heterocycles. The van der Waals surface area contributed by atoms with Gasteiger partial charge < -0.3 is 0 Å². The number of Topliss-reactive ketones (excluding diaryl/α,β-unsaturated/α-hetero) is 1. The van der Waals surface area contributed by atoms with Crippen molar-refractivity contribution >= 4 is 5.78 Å². The van der Waals surface area contributed by atoms with E-state index in [9.17, 15) is 4.79 Å². The molecule has 1 aliphatic heterocycles. The maximum Gasteiger partial charge on any atom is 0.152 e. The van der Waals surface area contributed by atoms with E-state index in [4.69, 9.17) is 0 Å². The van der Waals surface area contributed by atoms with Crippen LogP contribution in [-0.2, 0) is 4.79 Å². The first-order chi connectivity index (χ1) is 8.10. The standard InChI is InChI=1S/C15H27NO/c1-15(2,16-10-6-3-7-11-16)14(17)12-13-8-4-5-9-13/h13H,3-12H2,1-2H3. The van der Waals surface area contributed by atoms with Gasteiger partial charge in [0.15, 0.2) is 5.78 Å². The third-order valence-corrected chi connectivity index (χ3v) is 4.78. The van der Waals surface area contributed by atoms with Crippen LogP contribution >= 0.6 is 0 Å². The van der Waals surface area contributed by atoms with Gasteiger partial charge in [0.05, 0.1) is 5.54 Å². The van der Waals surface area contributed by atoms with E-state index in [0.717, 1.165) is 19.5 Å². The highest BCUT2D eigenvalue weighted by Gasteiger charge is 2.36. The van der Waals surface area contributed by atoms with Crippen LogP contribution in [-0.4, -0.2) is 29.3 Å². The van der Waals surface area contributed by atoms with Crippen LogP contribution < -0.4 is 0 Å². The van der Waals surface area contributed by atoms with Gasteiger partial charge >= 0.3 is 0 Å². The first kappa shape index (κ1) is 13.1. The second-order valence-electron chi connectivity index (χ2n) is 6.38. The van der Waals surface area contributed by atoms with E-state index in [1.54, 1.807) is 0 Å². The number of rotatable bonds is 4. The van der Waals surface area contributed by atoms with E-state index in [2.05, 4.69) is 18.7 Å². The molecule has 0 aromatic rings. The minimum atomic E-state index is -0.219. The summed E-state index contributed by atoms with van der Waals surface area (Å²) in [7, 11) is 0. The smallest absolute Gasteiger partial charge is 0.152 e. The summed E-state index contributed by atoms with van der Waals surface area (Å²) in [5.41, 5.74) is -0.219. The summed E-state index contributed by atoms with van der Waals surface area (Å²) in [4.78, 5) is 14.9. The molecule has 2 nitrogen and oxygen atoms in total. The lowest BCUT2D eigenvalue weighted by Gasteiger charge is -2.40. The molecule has 1 aliphatic carbocycles. The van der Waals surface area contributed by atoms with Gasteiger partial charge in [-0.3, -0.25) is 9.69 Å². The van der Waals surface area contributed by atoms with Gasteiger partial charge in [0, 0.05) is 6.42 Å². The quantitative estimate of drug-likeness (QED) is 0.747. The zero-order valence-electron chi connectivity index (χ0n) is 11.5. The Bertz CT molecular complexity index is 260. The monoisotopic (exact) mass is 237 g/mol. The molecule has 17 heavy (non-hydrogen) atoms. The highest BCUT2D eigenvalue weighted by molar-refractivity contribution is 5.87. The number of carbonyl (C=O) groups excluding carboxylic acids is 1. The second kappa shape index (κ2) is 5.51. The van der Waals surface area contributed by atoms with Crippen molar-refractivity contribution in [3.8, 4) is 0 Å². The molecule has 0 spiro atoms. The maximum absolute atomic E-state index is 12.5. The van der Waals surface area contributed by atoms with Crippen LogP contribution in [0, 0.1) is 5.92 Å². The van der Waals surface area contributed by atoms with Crippen LogP contribution in [0.4, 0.5) is 0 Å². The van der Waals surface area contributed by atoms with Gasteiger partial charge in [-0.1, -0.05) is 32.1 Å². The van der Waals surface area contributed by atoms with Crippen LogP contribution in [0.5, 0.6) is 0 Å². The van der Waals surface area contributed by atoms with Crippen molar-refractivity contribution in [1.82, 2.24) is 4.90 Å². The molecule has 0 N–H and O–H groups in total. The van der Waals surface area contributed by atoms with Crippen molar-refractivity contribution < 1.29 is 4.79 Å². The largest absolute Gasteiger partial charge is 0.298 e. The lowest BCUT2D eigenvalue weighted by Crippen LogP contribution is -2.52. The number of likely N-dealkylation sites (tertiary alicyclic amines) is 1. The van der Waals surface area contributed by atoms with E-state index in [1.165, 1.54) is 44.9 Å². The van der Waals surface area contributed by atoms with Crippen molar-refractivity contribution in [3.63, 3.8) is 0 Å². The van der Waals surface area contributed by atoms with Crippen molar-refractivity contribution in [2.75, 3.05) is 13.1 Å². The summed E-state index contributed by atoms with van der Waals surface area (Å²) in [5, 5.41) is 0. The number of piperidine rings is 1. The number of ketones is 1. The molecule has 0 unspecified atom stereocenters. The zero-order chi connectivity index (χ0) is 12.3. The third kappa shape index (κ3) is 3.09. The third-order valence-electron chi connectivity index (χ3n) is 4.78. The van der Waals surface area contributed by atoms with Gasteiger partial charge in [0.25, 0.3) is 0 Å². The number of nitrogens with zero attached hydrogens (tertiary/aromatic N) is 1. The predicted octanol–water partition coefficient (Wildman–Crippen LogP) is 3.40. The highest BCUT2D eigenvalue weighted by atomic mass is 16.1. The molecule has 1 saturated carbocycles. The Kier molecular flexibility index (Phi) is 4.24. The first-order valence-electron chi connectivity index (χ1n) is 7.39. The van der Waals surface area contributed by atoms with E-state index in [-0.39, 0.29) is 5.54 Å². The summed E-state index contributed by atoms with van der Waals surface area (Å²) >= 11 is 0. The normalized spacial score (nSPS) is 24.1. The van der Waals surface area contributed by atoms with Crippen LogP contribution in [0.3, 0.4) is 0 Å². The molecule has 0 bridgehead atoms. The van der Waals surface area contributed by atoms with Gasteiger partial charge in [-0.15, -0.1) is 0 Å². The van der Waals surface area contributed by atoms with Gasteiger partial charge in [0.2, 0.25) is 0 Å². The van der Waals surface area contributed by atoms with Gasteiger partial charge in [0.1, 0.15) is 0 Å². The molecule has 2 heteroatoms. The fourth-order valence-corrected chi connectivity index (χ4v) is 3.36. The van der Waals surface area contributed by atoms with Gasteiger partial charge in [-0.25, -0.2) is 0 Å². The summed E-state index contributed by atoms with van der Waals surface area (Å²) in [6.07, 6.45) is 9.92. The number of carbonyl (C=O) groups is 1. The molecule has 1 heterocycles. The molecule has 2 rings (SSSR count). The Hall–Kier alpha value is -0.370. The van der Waals surface area contributed by atoms with Crippen LogP contribution in [0.25, 0.3) is 0 Å². The Labute approximate surface area is 106 Å². The van der Waals surface area contributed by atoms with Crippen molar-refractivity contribution in [3.05, 3.63) is 0 Å². The summed E-state index contributed by atoms with van der Waals surface area (Å²) in [6, 6.07) is 0. The van der Waals surface area contributed by atoms with Crippen LogP contribution in [0.2, 0.25) is 0 Å². The number of hydrogen-bond donors (Lipinski definition) is 0. The molecule has 2 fully saturated rings. The summed E-state index contributed by atoms with van der Waals surface area (Å²) in [6.45, 7) is 6.50. The summed E-state index contributed by atoms with van der Waals surface area (Å²) < 4.78 is 0. The molecule has 2 aliphatic rings. The highest BCUT2D eigenvalue weighted by Crippen LogP contribution is 2.31. The van der Waals surface area contributed by atoms with E-state index >= 15 is 0 Å². The van der Waals surface area contributed by atoms with Crippen molar-refractivity contribution in [2.45, 2.75) is 70.8 Å². The molecule has 0 radical (unpaired) electrons. The lowest BCUT2D eigenvalue weighted by molar-refractivity contribution is -0.131. The maximum atomic E-state index is 12.5. The fraction of sp³-hybridized carbons (Fsp3) is 0.933. The zero-order valence-corrected chi connectivity index (χ0v) is 11.5. The Morgan fingerprint density at radius 2 is 1.65 bits per heavy atom. The molecule has 0 atom stereocenters. The average molecular weight is 237 g/mol. The van der Waals surface area contributed by atoms with E-state index in [0.29, 0.717) is 11.7 Å². The fourth-order valence-electron chi connectivity index (χ4n) is 3.36. The van der Waals surface area contributed by atoms with E-state index < -0.39 is 0 Å². The van der Waals surface area contributed by atoms with Gasteiger partial charge in [-0.2, -0.15) is 0 Å². The summed E-state index contributed by atoms with van der Waals surface area (Å²) in [5.74, 6) is 1.16. The molecule has 98 valence electrons. The van der Waals surface area contributed by atoms with Crippen molar-refractivity contribution in [2.24, 2.45) is 5.92 Å². The second-order valence-corrected chi connectivity index (χ2v) is 6.38. The molecular formula is C15H27NO. The minimum Gasteiger partial charge on any atom is -0.298 e. The average Bonchev–Trinajstić information content (AvgIpc) is 2.83. The Morgan fingerprint density at radius 1 is 1.06 bits per heavy atom. The SMILES string of the molecule is CC(C)(C(=O)CC1CCCC1)N1CCCCC1. The van der Waals surface area contributed by atoms with Gasteiger partial charge in [-0.05, 0) is 45.7 Å². The predicted molar refractivity (Wildman–Crippen MR) is 71.1 cm³/mol. The topological polar surface area (TPSA) is 20.3 Å². The molecular weight excluding hydrogens is 210 g/mol. The number of hydrogen-bond acceptors (Lipinski definition) is 2. The minimum absolute atomic E-state index is 0.219. The Morgan fingerprint density at radius 3 is 2.24 bits per heavy atom. The molecule has 0 aromatic carbocycles. The first-order valence-corrected chi connectivity index (χ1v) is 7.39. The Balaban J connectivity index is 1.90. The lowest BCUT2D eigenvalue weighted by atomic mass is 9.87. The molecule has 0 amide bonds. The molecule has 1 saturated heterocycles. The van der Waals surface area contributed by atoms with Crippen LogP contribution in [0.1, 0.15) is 65.2 Å². The van der Waals surface area contributed by atoms with Crippen LogP contribution in [0.15, 0.2) is 0 Å². The van der Waals surface area contributed by atoms with E-state index in [1.807, 2.05) is 0 Å². The van der Waals surface area contributed by atoms with Crippen molar-refractivity contribution in [1.29, 1.82) is 0 Å².